The van der Waals surface area contributed by atoms with Crippen molar-refractivity contribution >= 4 is 0 Å². The number of aliphatic hydroxyl groups excluding tert-OH is 12. The summed E-state index contributed by atoms with van der Waals surface area (Å²) in [6, 6.07) is 0. The summed E-state index contributed by atoms with van der Waals surface area (Å²) in [5.41, 5.74) is 1.51. The van der Waals surface area contributed by atoms with Crippen LogP contribution in [-0.2, 0) is 42.6 Å². The highest BCUT2D eigenvalue weighted by molar-refractivity contribution is 5.25. The third-order valence-electron chi connectivity index (χ3n) is 17.4. The summed E-state index contributed by atoms with van der Waals surface area (Å²) >= 11 is 0. The van der Waals surface area contributed by atoms with Crippen LogP contribution in [0.2, 0.25) is 0 Å². The van der Waals surface area contributed by atoms with Crippen molar-refractivity contribution in [2.45, 2.75) is 214 Å². The molecule has 386 valence electrons. The van der Waals surface area contributed by atoms with Crippen LogP contribution < -0.4 is 0 Å². The fourth-order valence-electron chi connectivity index (χ4n) is 13.4. The monoisotopic (exact) mass is 964 g/mol. The number of allylic oxidation sites excluding steroid dienone is 1. The van der Waals surface area contributed by atoms with Crippen molar-refractivity contribution in [3.63, 3.8) is 0 Å². The van der Waals surface area contributed by atoms with Crippen molar-refractivity contribution in [2.75, 3.05) is 26.9 Å². The molecular formula is C46H76O21. The molecule has 4 heterocycles. The van der Waals surface area contributed by atoms with E-state index in [0.717, 1.165) is 51.4 Å². The summed E-state index contributed by atoms with van der Waals surface area (Å²) in [5, 5.41) is 127. The third kappa shape index (κ3) is 9.68. The molecule has 0 unspecified atom stereocenters. The van der Waals surface area contributed by atoms with Crippen molar-refractivity contribution in [3.05, 3.63) is 11.6 Å². The van der Waals surface area contributed by atoms with Gasteiger partial charge < -0.3 is 104 Å². The molecule has 12 N–H and O–H groups in total. The average molecular weight is 965 g/mol. The lowest BCUT2D eigenvalue weighted by molar-refractivity contribution is -0.377. The molecule has 7 fully saturated rings. The number of hydrogen-bond donors (Lipinski definition) is 12. The van der Waals surface area contributed by atoms with Crippen LogP contribution in [0.1, 0.15) is 79.1 Å². The van der Waals surface area contributed by atoms with Gasteiger partial charge in [-0.25, -0.2) is 0 Å². The van der Waals surface area contributed by atoms with Crippen molar-refractivity contribution in [1.29, 1.82) is 0 Å². The van der Waals surface area contributed by atoms with E-state index in [2.05, 4.69) is 19.9 Å². The van der Waals surface area contributed by atoms with Crippen LogP contribution in [0.25, 0.3) is 0 Å². The summed E-state index contributed by atoms with van der Waals surface area (Å²) in [6.07, 6.45) is -21.1. The lowest BCUT2D eigenvalue weighted by atomic mass is 9.47. The van der Waals surface area contributed by atoms with E-state index < -0.39 is 143 Å². The number of methoxy groups -OCH3 is 1. The van der Waals surface area contributed by atoms with Crippen LogP contribution in [0, 0.1) is 34.5 Å². The Kier molecular flexibility index (Phi) is 16.2. The van der Waals surface area contributed by atoms with Crippen molar-refractivity contribution in [1.82, 2.24) is 0 Å². The standard InChI is InChI=1S/C46H76O21/c1-18(23-8-9-24-22-7-6-20-14-21(48)10-12-45(20,3)25(22)11-13-46(23,24)4)62-44-40(39(59-5)29(49)19(2)63-44)67-43-38(58)35(55)32(52)28(66-43)17-61-42-37(57)34(54)31(51)27(65-42)16-60-41-36(56)33(53)30(50)26(15-47)64-41/h6,18-19,21-44,47-58H,7-17H2,1-5H3/t18-,19-,21+,22+,23-,24+,25+,26-,27-,28-,29+,30-,31-,32-,33+,34+,35+,36-,37-,38-,39+,40-,41-,42-,43+,44-,45+,46-/m1/s1. The lowest BCUT2D eigenvalue weighted by Crippen LogP contribution is -2.65. The minimum absolute atomic E-state index is 0.0233. The summed E-state index contributed by atoms with van der Waals surface area (Å²) < 4.78 is 53.4. The van der Waals surface area contributed by atoms with E-state index in [1.165, 1.54) is 12.7 Å². The van der Waals surface area contributed by atoms with Gasteiger partial charge in [-0.15, -0.1) is 0 Å². The maximum atomic E-state index is 11.3. The van der Waals surface area contributed by atoms with E-state index in [1.54, 1.807) is 6.92 Å². The van der Waals surface area contributed by atoms with Gasteiger partial charge in [-0.3, -0.25) is 0 Å². The first-order valence-corrected chi connectivity index (χ1v) is 24.2. The van der Waals surface area contributed by atoms with E-state index >= 15 is 0 Å². The second-order valence-corrected chi connectivity index (χ2v) is 21.1. The molecule has 0 aromatic rings. The topological polar surface area (TPSA) is 326 Å². The van der Waals surface area contributed by atoms with Gasteiger partial charge in [-0.05, 0) is 99.7 Å². The Morgan fingerprint density at radius 2 is 1.19 bits per heavy atom. The van der Waals surface area contributed by atoms with Crippen LogP contribution >= 0.6 is 0 Å². The largest absolute Gasteiger partial charge is 0.394 e. The maximum Gasteiger partial charge on any atom is 0.187 e. The van der Waals surface area contributed by atoms with E-state index in [-0.39, 0.29) is 29.0 Å². The Morgan fingerprint density at radius 1 is 0.627 bits per heavy atom. The molecule has 8 aliphatic rings. The molecule has 3 saturated carbocycles. The van der Waals surface area contributed by atoms with Gasteiger partial charge in [0.2, 0.25) is 0 Å². The van der Waals surface area contributed by atoms with Gasteiger partial charge in [0.05, 0.1) is 38.1 Å². The zero-order valence-corrected chi connectivity index (χ0v) is 38.9. The number of rotatable bonds is 13. The predicted octanol–water partition coefficient (Wildman–Crippen LogP) is -2.71. The van der Waals surface area contributed by atoms with Crippen LogP contribution in [-0.4, -0.2) is 223 Å². The molecule has 0 spiro atoms. The Labute approximate surface area is 390 Å². The predicted molar refractivity (Wildman–Crippen MR) is 227 cm³/mol. The highest BCUT2D eigenvalue weighted by atomic mass is 16.8. The molecule has 4 aliphatic carbocycles. The van der Waals surface area contributed by atoms with Crippen LogP contribution in [0.15, 0.2) is 11.6 Å². The molecule has 4 aliphatic heterocycles. The summed E-state index contributed by atoms with van der Waals surface area (Å²) in [6.45, 7) is 6.53. The molecule has 0 aromatic carbocycles. The van der Waals surface area contributed by atoms with Gasteiger partial charge in [-0.2, -0.15) is 0 Å². The van der Waals surface area contributed by atoms with E-state index in [9.17, 15) is 61.3 Å². The molecular weight excluding hydrogens is 888 g/mol. The number of hydrogen-bond acceptors (Lipinski definition) is 21. The highest BCUT2D eigenvalue weighted by Crippen LogP contribution is 2.67. The van der Waals surface area contributed by atoms with Gasteiger partial charge in [0.25, 0.3) is 0 Å². The normalized spacial score (nSPS) is 54.1. The van der Waals surface area contributed by atoms with Crippen LogP contribution in [0.5, 0.6) is 0 Å². The first kappa shape index (κ1) is 52.2. The highest BCUT2D eigenvalue weighted by Gasteiger charge is 2.61. The van der Waals surface area contributed by atoms with Gasteiger partial charge in [-0.1, -0.05) is 25.5 Å². The van der Waals surface area contributed by atoms with E-state index in [4.69, 9.17) is 42.6 Å². The molecule has 21 heteroatoms. The van der Waals surface area contributed by atoms with E-state index in [1.807, 2.05) is 6.92 Å². The molecule has 21 nitrogen and oxygen atoms in total. The maximum absolute atomic E-state index is 11.3. The molecule has 8 rings (SSSR count). The Hall–Kier alpha value is -1.10. The zero-order valence-electron chi connectivity index (χ0n) is 38.9. The minimum atomic E-state index is -1.87. The second kappa shape index (κ2) is 20.8. The van der Waals surface area contributed by atoms with Gasteiger partial charge in [0, 0.05) is 7.11 Å². The smallest absolute Gasteiger partial charge is 0.187 e. The van der Waals surface area contributed by atoms with Gasteiger partial charge in [0.15, 0.2) is 25.2 Å². The Balaban J connectivity index is 0.920. The fraction of sp³-hybridized carbons (Fsp3) is 0.957. The molecule has 0 bridgehead atoms. The Bertz CT molecular complexity index is 1680. The first-order chi connectivity index (χ1) is 31.7. The van der Waals surface area contributed by atoms with Gasteiger partial charge >= 0.3 is 0 Å². The minimum Gasteiger partial charge on any atom is -0.394 e. The van der Waals surface area contributed by atoms with Crippen molar-refractivity contribution in [3.8, 4) is 0 Å². The summed E-state index contributed by atoms with van der Waals surface area (Å²) in [7, 11) is 1.39. The van der Waals surface area contributed by atoms with Crippen LogP contribution in [0.4, 0.5) is 0 Å². The zero-order chi connectivity index (χ0) is 48.4. The summed E-state index contributed by atoms with van der Waals surface area (Å²) in [5.74, 6) is 1.73. The second-order valence-electron chi connectivity index (χ2n) is 21.1. The Morgan fingerprint density at radius 3 is 1.79 bits per heavy atom. The first-order valence-electron chi connectivity index (χ1n) is 24.2. The van der Waals surface area contributed by atoms with Gasteiger partial charge in [0.1, 0.15) is 91.6 Å². The lowest BCUT2D eigenvalue weighted by Gasteiger charge is -2.58. The fourth-order valence-corrected chi connectivity index (χ4v) is 13.4. The van der Waals surface area contributed by atoms with Crippen molar-refractivity contribution < 1.29 is 104 Å². The molecule has 0 radical (unpaired) electrons. The van der Waals surface area contributed by atoms with Crippen molar-refractivity contribution in [2.24, 2.45) is 34.5 Å². The quantitative estimate of drug-likeness (QED) is 0.0835. The van der Waals surface area contributed by atoms with E-state index in [0.29, 0.717) is 17.8 Å². The summed E-state index contributed by atoms with van der Waals surface area (Å²) in [4.78, 5) is 0. The molecule has 0 amide bonds. The number of ether oxygens (including phenoxy) is 9. The third-order valence-corrected chi connectivity index (χ3v) is 17.4. The molecule has 28 atom stereocenters. The molecule has 67 heavy (non-hydrogen) atoms. The SMILES string of the molecule is CO[C@H]1[C@@H](O)[C@@H](C)O[C@@H](O[C@H](C)[C@H]2CC[C@H]3[C@@H]4CC=C5C[C@@H](O)CC[C@]5(C)[C@H]4CC[C@]23C)[C@@H]1O[C@@H]1O[C@H](CO[C@@H]2O[C@H](CO[C@@H]3O[C@H](CO)[C@@H](O)[C@H](O)[C@H]3O)[C@@H](O)[C@H](O)[C@H]2O)[C@@H](O)[C@H](O)[C@H]1O. The number of fused-ring (bicyclic) bond motifs is 5. The molecule has 0 aromatic heterocycles. The molecule has 4 saturated heterocycles. The average Bonchev–Trinajstić information content (AvgIpc) is 3.67. The number of aliphatic hydroxyl groups is 12. The van der Waals surface area contributed by atoms with Crippen LogP contribution in [0.3, 0.4) is 0 Å².